The lowest BCUT2D eigenvalue weighted by Gasteiger charge is -2.17. The lowest BCUT2D eigenvalue weighted by atomic mass is 10.1. The van der Waals surface area contributed by atoms with E-state index in [2.05, 4.69) is 5.32 Å². The summed E-state index contributed by atoms with van der Waals surface area (Å²) in [6.07, 6.45) is -1.21. The molecule has 17 nitrogen and oxygen atoms in total. The van der Waals surface area contributed by atoms with Gasteiger partial charge in [0, 0.05) is 69.5 Å². The molecular weight excluding hydrogens is 770 g/mol. The van der Waals surface area contributed by atoms with Crippen molar-refractivity contribution in [3.8, 4) is 23.0 Å². The molecule has 320 valence electrons. The van der Waals surface area contributed by atoms with Crippen LogP contribution in [0.3, 0.4) is 0 Å². The summed E-state index contributed by atoms with van der Waals surface area (Å²) in [5.41, 5.74) is 6.88. The summed E-state index contributed by atoms with van der Waals surface area (Å²) < 4.78 is 69.4. The number of nitrogens with one attached hydrogen (secondary N) is 1. The minimum Gasteiger partial charge on any atom is -0.493 e. The van der Waals surface area contributed by atoms with Gasteiger partial charge in [-0.15, -0.1) is 0 Å². The average molecular weight is 823 g/mol. The van der Waals surface area contributed by atoms with Gasteiger partial charge in [0.05, 0.1) is 73.2 Å². The molecule has 3 amide bonds. The highest BCUT2D eigenvalue weighted by Gasteiger charge is 2.32. The van der Waals surface area contributed by atoms with Gasteiger partial charge in [-0.25, -0.2) is 8.78 Å². The summed E-state index contributed by atoms with van der Waals surface area (Å²) in [6.45, 7) is 3.53. The SMILES string of the molecule is COc1cc2c(c(F)c1OCCCOc1c(OC)cc3c(c1F)CN(C(=O)CCC(=O)O[C@@H](C)CNC(=O)CCOCCOCCN)C3)CN(C(=O)CCC(=O)O)C2. The first kappa shape index (κ1) is 45.4. The number of hydrogen-bond donors (Lipinski definition) is 3. The number of rotatable bonds is 25. The molecule has 0 radical (unpaired) electrons. The van der Waals surface area contributed by atoms with Crippen LogP contribution in [0.4, 0.5) is 8.78 Å². The molecule has 0 aliphatic carbocycles. The van der Waals surface area contributed by atoms with Crippen molar-refractivity contribution in [3.05, 3.63) is 46.0 Å². The van der Waals surface area contributed by atoms with Gasteiger partial charge in [-0.3, -0.25) is 24.0 Å². The number of fused-ring (bicyclic) bond motifs is 2. The van der Waals surface area contributed by atoms with Crippen LogP contribution >= 0.6 is 0 Å². The summed E-state index contributed by atoms with van der Waals surface area (Å²) in [5.74, 6) is -4.25. The van der Waals surface area contributed by atoms with Crippen LogP contribution in [-0.4, -0.2) is 118 Å². The van der Waals surface area contributed by atoms with E-state index >= 15 is 8.78 Å². The van der Waals surface area contributed by atoms with Gasteiger partial charge in [-0.05, 0) is 30.2 Å². The zero-order valence-corrected chi connectivity index (χ0v) is 33.0. The van der Waals surface area contributed by atoms with Crippen LogP contribution in [0.1, 0.15) is 67.7 Å². The maximum atomic E-state index is 15.8. The summed E-state index contributed by atoms with van der Waals surface area (Å²) in [7, 11) is 2.71. The van der Waals surface area contributed by atoms with Crippen LogP contribution < -0.4 is 30.0 Å². The molecule has 2 aliphatic rings. The molecule has 2 aliphatic heterocycles. The van der Waals surface area contributed by atoms with E-state index < -0.39 is 35.6 Å². The minimum atomic E-state index is -1.10. The highest BCUT2D eigenvalue weighted by Crippen LogP contribution is 2.40. The number of ether oxygens (including phenoxy) is 7. The van der Waals surface area contributed by atoms with Crippen molar-refractivity contribution in [1.82, 2.24) is 15.1 Å². The normalized spacial score (nSPS) is 13.4. The number of carboxylic acids is 1. The van der Waals surface area contributed by atoms with Crippen molar-refractivity contribution in [2.24, 2.45) is 5.73 Å². The summed E-state index contributed by atoms with van der Waals surface area (Å²) in [4.78, 5) is 63.6. The minimum absolute atomic E-state index is 0.0382. The van der Waals surface area contributed by atoms with Crippen LogP contribution in [0.2, 0.25) is 0 Å². The van der Waals surface area contributed by atoms with Crippen LogP contribution in [0.25, 0.3) is 0 Å². The zero-order chi connectivity index (χ0) is 42.2. The Morgan fingerprint density at radius 2 is 1.26 bits per heavy atom. The van der Waals surface area contributed by atoms with Crippen molar-refractivity contribution in [2.45, 2.75) is 77.7 Å². The molecule has 0 unspecified atom stereocenters. The van der Waals surface area contributed by atoms with Crippen molar-refractivity contribution in [3.63, 3.8) is 0 Å². The second-order valence-electron chi connectivity index (χ2n) is 13.5. The standard InChI is InChI=1S/C39H52F2N4O13/c1-24(19-43-31(46)9-13-54-15-16-55-14-10-42)58-35(51)8-6-33(48)45-21-26-18-30(53-3)39(37(41)28(26)23-45)57-12-4-11-56-38-29(52-2)17-25-20-44(22-27(25)36(38)40)32(47)5-7-34(49)50/h17-18,24H,4-16,19-23,42H2,1-3H3,(H,43,46)(H,49,50)/t24-/m0/s1. The number of benzene rings is 2. The van der Waals surface area contributed by atoms with Crippen molar-refractivity contribution in [1.29, 1.82) is 0 Å². The summed E-state index contributed by atoms with van der Waals surface area (Å²) in [6, 6.07) is 3.17. The largest absolute Gasteiger partial charge is 0.493 e. The first-order valence-electron chi connectivity index (χ1n) is 19.0. The van der Waals surface area contributed by atoms with E-state index in [1.54, 1.807) is 19.1 Å². The van der Waals surface area contributed by atoms with E-state index in [0.29, 0.717) is 37.5 Å². The Hall–Kier alpha value is -5.27. The van der Waals surface area contributed by atoms with E-state index in [-0.39, 0.29) is 137 Å². The Bertz CT molecular complexity index is 1780. The van der Waals surface area contributed by atoms with Gasteiger partial charge in [-0.1, -0.05) is 0 Å². The van der Waals surface area contributed by atoms with Gasteiger partial charge in [-0.2, -0.15) is 0 Å². The van der Waals surface area contributed by atoms with Gasteiger partial charge in [0.2, 0.25) is 17.7 Å². The predicted octanol–water partition coefficient (Wildman–Crippen LogP) is 2.59. The number of carbonyl (C=O) groups excluding carboxylic acids is 4. The van der Waals surface area contributed by atoms with Crippen LogP contribution in [0, 0.1) is 11.6 Å². The van der Waals surface area contributed by atoms with Gasteiger partial charge >= 0.3 is 11.9 Å². The molecule has 4 N–H and O–H groups in total. The third kappa shape index (κ3) is 12.9. The third-order valence-electron chi connectivity index (χ3n) is 9.23. The molecule has 0 saturated heterocycles. The van der Waals surface area contributed by atoms with Crippen LogP contribution in [-0.2, 0) is 64.4 Å². The number of amides is 3. The predicted molar refractivity (Wildman–Crippen MR) is 200 cm³/mol. The van der Waals surface area contributed by atoms with Crippen molar-refractivity contribution < 1.29 is 71.0 Å². The molecule has 0 bridgehead atoms. The molecule has 2 aromatic carbocycles. The number of carboxylic acid groups (broad SMARTS) is 1. The first-order valence-corrected chi connectivity index (χ1v) is 19.0. The van der Waals surface area contributed by atoms with Gasteiger partial charge in [0.25, 0.3) is 0 Å². The average Bonchev–Trinajstić information content (AvgIpc) is 3.84. The molecule has 19 heteroatoms. The number of methoxy groups -OCH3 is 2. The Morgan fingerprint density at radius 3 is 1.76 bits per heavy atom. The van der Waals surface area contributed by atoms with E-state index in [0.717, 1.165) is 0 Å². The zero-order valence-electron chi connectivity index (χ0n) is 33.0. The maximum Gasteiger partial charge on any atom is 0.306 e. The Morgan fingerprint density at radius 1 is 0.741 bits per heavy atom. The fourth-order valence-electron chi connectivity index (χ4n) is 6.24. The Kier molecular flexibility index (Phi) is 17.7. The van der Waals surface area contributed by atoms with E-state index in [9.17, 15) is 24.0 Å². The monoisotopic (exact) mass is 822 g/mol. The number of nitrogens with zero attached hydrogens (tertiary/aromatic N) is 2. The number of carbonyl (C=O) groups is 5. The molecule has 0 aromatic heterocycles. The van der Waals surface area contributed by atoms with E-state index in [1.807, 2.05) is 0 Å². The molecule has 4 rings (SSSR count). The number of nitrogens with two attached hydrogens (primary N) is 1. The fraction of sp³-hybridized carbons (Fsp3) is 0.564. The van der Waals surface area contributed by atoms with Crippen molar-refractivity contribution in [2.75, 3.05) is 67.0 Å². The third-order valence-corrected chi connectivity index (χ3v) is 9.23. The lowest BCUT2D eigenvalue weighted by molar-refractivity contribution is -0.150. The van der Waals surface area contributed by atoms with Gasteiger partial charge in [0.1, 0.15) is 6.10 Å². The number of aliphatic carboxylic acids is 1. The lowest BCUT2D eigenvalue weighted by Crippen LogP contribution is -2.34. The molecule has 2 aromatic rings. The smallest absolute Gasteiger partial charge is 0.306 e. The van der Waals surface area contributed by atoms with Gasteiger partial charge in [0.15, 0.2) is 34.6 Å². The number of esters is 1. The molecular formula is C39H52F2N4O13. The summed E-state index contributed by atoms with van der Waals surface area (Å²) in [5, 5.41) is 11.5. The Labute approximate surface area is 334 Å². The summed E-state index contributed by atoms with van der Waals surface area (Å²) >= 11 is 0. The highest BCUT2D eigenvalue weighted by molar-refractivity contribution is 5.82. The topological polar surface area (TPSA) is 215 Å². The quantitative estimate of drug-likeness (QED) is 0.0971. The van der Waals surface area contributed by atoms with Crippen molar-refractivity contribution >= 4 is 29.7 Å². The van der Waals surface area contributed by atoms with Crippen LogP contribution in [0.15, 0.2) is 12.1 Å². The first-order chi connectivity index (χ1) is 27.9. The van der Waals surface area contributed by atoms with Crippen LogP contribution in [0.5, 0.6) is 23.0 Å². The molecule has 58 heavy (non-hydrogen) atoms. The molecule has 0 fully saturated rings. The van der Waals surface area contributed by atoms with Gasteiger partial charge < -0.3 is 59.1 Å². The number of hydrogen-bond acceptors (Lipinski definition) is 13. The van der Waals surface area contributed by atoms with E-state index in [4.69, 9.17) is 44.0 Å². The van der Waals surface area contributed by atoms with E-state index in [1.165, 1.54) is 24.0 Å². The fourth-order valence-corrected chi connectivity index (χ4v) is 6.24. The maximum absolute atomic E-state index is 15.8. The molecule has 1 atom stereocenters. The second-order valence-corrected chi connectivity index (χ2v) is 13.5. The Balaban J connectivity index is 1.20. The molecule has 0 spiro atoms. The molecule has 0 saturated carbocycles. The molecule has 2 heterocycles. The number of halogens is 2. The second kappa shape index (κ2) is 22.6. The highest BCUT2D eigenvalue weighted by atomic mass is 19.1.